The van der Waals surface area contributed by atoms with Gasteiger partial charge in [0.05, 0.1) is 12.2 Å². The van der Waals surface area contributed by atoms with Gasteiger partial charge in [-0.3, -0.25) is 9.59 Å². The van der Waals surface area contributed by atoms with Crippen molar-refractivity contribution >= 4 is 11.7 Å². The minimum Gasteiger partial charge on any atom is -0.381 e. The second-order valence-electron chi connectivity index (χ2n) is 6.70. The molecule has 2 aliphatic rings. The lowest BCUT2D eigenvalue weighted by molar-refractivity contribution is 0.000287. The van der Waals surface area contributed by atoms with E-state index in [1.165, 1.54) is 0 Å². The fourth-order valence-electron chi connectivity index (χ4n) is 3.59. The molecule has 122 valence electrons. The first kappa shape index (κ1) is 15.1. The van der Waals surface area contributed by atoms with Gasteiger partial charge in [-0.1, -0.05) is 48.5 Å². The Morgan fingerprint density at radius 2 is 1.58 bits per heavy atom. The first-order valence-electron chi connectivity index (χ1n) is 8.24. The smallest absolute Gasteiger partial charge is 0.254 e. The Morgan fingerprint density at radius 1 is 0.917 bits per heavy atom. The number of ether oxygens (including phenoxy) is 1. The van der Waals surface area contributed by atoms with Crippen molar-refractivity contribution in [2.24, 2.45) is 5.41 Å². The highest BCUT2D eigenvalue weighted by atomic mass is 16.5. The average molecular weight is 321 g/mol. The number of hydrogen-bond acceptors (Lipinski definition) is 3. The van der Waals surface area contributed by atoms with E-state index in [1.54, 1.807) is 30.3 Å². The lowest BCUT2D eigenvalue weighted by Gasteiger charge is -2.47. The highest BCUT2D eigenvalue weighted by Crippen LogP contribution is 2.39. The van der Waals surface area contributed by atoms with Crippen molar-refractivity contribution in [3.05, 3.63) is 71.3 Å². The molecule has 0 aliphatic carbocycles. The maximum atomic E-state index is 12.9. The summed E-state index contributed by atoms with van der Waals surface area (Å²) in [5.41, 5.74) is 1.70. The molecule has 1 spiro atoms. The summed E-state index contributed by atoms with van der Waals surface area (Å²) in [7, 11) is 0. The van der Waals surface area contributed by atoms with Gasteiger partial charge >= 0.3 is 0 Å². The maximum Gasteiger partial charge on any atom is 0.254 e. The minimum absolute atomic E-state index is 0.0626. The number of rotatable bonds is 3. The SMILES string of the molecule is O=C(c1ccccc1)c1ccccc1C(=O)N1CC2(CCOC2)C1. The van der Waals surface area contributed by atoms with E-state index < -0.39 is 0 Å². The molecule has 4 nitrogen and oxygen atoms in total. The molecule has 1 amide bonds. The lowest BCUT2D eigenvalue weighted by atomic mass is 9.79. The van der Waals surface area contributed by atoms with Crippen molar-refractivity contribution in [2.75, 3.05) is 26.3 Å². The Morgan fingerprint density at radius 3 is 2.25 bits per heavy atom. The van der Waals surface area contributed by atoms with Gasteiger partial charge in [-0.2, -0.15) is 0 Å². The van der Waals surface area contributed by atoms with Gasteiger partial charge in [0.1, 0.15) is 0 Å². The van der Waals surface area contributed by atoms with Crippen molar-refractivity contribution in [2.45, 2.75) is 6.42 Å². The molecule has 0 saturated carbocycles. The zero-order valence-corrected chi connectivity index (χ0v) is 13.4. The van der Waals surface area contributed by atoms with E-state index in [0.717, 1.165) is 32.7 Å². The van der Waals surface area contributed by atoms with E-state index in [2.05, 4.69) is 0 Å². The van der Waals surface area contributed by atoms with Gasteiger partial charge in [0.2, 0.25) is 0 Å². The number of hydrogen-bond donors (Lipinski definition) is 0. The van der Waals surface area contributed by atoms with Crippen LogP contribution in [0.1, 0.15) is 32.7 Å². The highest BCUT2D eigenvalue weighted by molar-refractivity contribution is 6.15. The van der Waals surface area contributed by atoms with Crippen LogP contribution in [0.4, 0.5) is 0 Å². The molecule has 2 aliphatic heterocycles. The van der Waals surface area contributed by atoms with E-state index in [4.69, 9.17) is 4.74 Å². The van der Waals surface area contributed by atoms with E-state index in [0.29, 0.717) is 16.7 Å². The molecule has 2 aromatic carbocycles. The number of benzene rings is 2. The van der Waals surface area contributed by atoms with E-state index in [-0.39, 0.29) is 17.1 Å². The molecule has 0 unspecified atom stereocenters. The zero-order chi connectivity index (χ0) is 16.6. The molecule has 0 radical (unpaired) electrons. The van der Waals surface area contributed by atoms with Gasteiger partial charge in [0.25, 0.3) is 5.91 Å². The van der Waals surface area contributed by atoms with Gasteiger partial charge in [0.15, 0.2) is 5.78 Å². The topological polar surface area (TPSA) is 46.6 Å². The van der Waals surface area contributed by atoms with Crippen LogP contribution in [0.2, 0.25) is 0 Å². The van der Waals surface area contributed by atoms with Crippen LogP contribution in [0, 0.1) is 5.41 Å². The summed E-state index contributed by atoms with van der Waals surface area (Å²) in [5.74, 6) is -0.175. The van der Waals surface area contributed by atoms with Gasteiger partial charge in [-0.15, -0.1) is 0 Å². The van der Waals surface area contributed by atoms with Crippen LogP contribution in [0.15, 0.2) is 54.6 Å². The van der Waals surface area contributed by atoms with Gasteiger partial charge in [-0.05, 0) is 12.5 Å². The summed E-state index contributed by atoms with van der Waals surface area (Å²) < 4.78 is 5.46. The Hall–Kier alpha value is -2.46. The largest absolute Gasteiger partial charge is 0.381 e. The molecule has 4 heteroatoms. The third-order valence-electron chi connectivity index (χ3n) is 4.96. The zero-order valence-electron chi connectivity index (χ0n) is 13.4. The summed E-state index contributed by atoms with van der Waals surface area (Å²) in [6, 6.07) is 16.2. The number of likely N-dealkylation sites (tertiary alicyclic amines) is 1. The van der Waals surface area contributed by atoms with Crippen LogP contribution in [0.3, 0.4) is 0 Å². The molecule has 2 heterocycles. The average Bonchev–Trinajstić information content (AvgIpc) is 3.10. The molecule has 2 fully saturated rings. The van der Waals surface area contributed by atoms with Crippen molar-refractivity contribution in [1.29, 1.82) is 0 Å². The lowest BCUT2D eigenvalue weighted by Crippen LogP contribution is -2.58. The van der Waals surface area contributed by atoms with Gasteiger partial charge in [-0.25, -0.2) is 0 Å². The normalized spacial score (nSPS) is 18.4. The van der Waals surface area contributed by atoms with Crippen molar-refractivity contribution in [1.82, 2.24) is 4.90 Å². The predicted octanol–water partition coefficient (Wildman–Crippen LogP) is 2.78. The summed E-state index contributed by atoms with van der Waals surface area (Å²) >= 11 is 0. The first-order valence-corrected chi connectivity index (χ1v) is 8.24. The number of ketones is 1. The number of nitrogens with zero attached hydrogens (tertiary/aromatic N) is 1. The second kappa shape index (κ2) is 5.87. The van der Waals surface area contributed by atoms with Crippen LogP contribution < -0.4 is 0 Å². The highest BCUT2D eigenvalue weighted by Gasteiger charge is 2.48. The fraction of sp³-hybridized carbons (Fsp3) is 0.300. The van der Waals surface area contributed by atoms with Crippen LogP contribution in [0.5, 0.6) is 0 Å². The molecular formula is C20H19NO3. The molecule has 0 aromatic heterocycles. The Kier molecular flexibility index (Phi) is 3.69. The van der Waals surface area contributed by atoms with Crippen LogP contribution in [-0.4, -0.2) is 42.9 Å². The third kappa shape index (κ3) is 2.53. The van der Waals surface area contributed by atoms with Gasteiger partial charge < -0.3 is 9.64 Å². The summed E-state index contributed by atoms with van der Waals surface area (Å²) in [5, 5.41) is 0. The Bertz CT molecular complexity index is 770. The molecule has 0 atom stereocenters. The first-order chi connectivity index (χ1) is 11.7. The number of carbonyl (C=O) groups excluding carboxylic acids is 2. The minimum atomic E-state index is -0.112. The van der Waals surface area contributed by atoms with Crippen LogP contribution in [-0.2, 0) is 4.74 Å². The van der Waals surface area contributed by atoms with E-state index >= 15 is 0 Å². The molecule has 0 bridgehead atoms. The number of amides is 1. The summed E-state index contributed by atoms with van der Waals surface area (Å²) in [6.07, 6.45) is 1.02. The Balaban J connectivity index is 1.58. The van der Waals surface area contributed by atoms with Crippen LogP contribution >= 0.6 is 0 Å². The maximum absolute atomic E-state index is 12.9. The quantitative estimate of drug-likeness (QED) is 0.817. The van der Waals surface area contributed by atoms with E-state index in [9.17, 15) is 9.59 Å². The standard InChI is InChI=1S/C20H19NO3/c22-18(15-6-2-1-3-7-15)16-8-4-5-9-17(16)19(23)21-12-20(13-21)10-11-24-14-20/h1-9H,10-14H2. The number of carbonyl (C=O) groups is 2. The molecule has 0 N–H and O–H groups in total. The fourth-order valence-corrected chi connectivity index (χ4v) is 3.59. The van der Waals surface area contributed by atoms with Crippen LogP contribution in [0.25, 0.3) is 0 Å². The summed E-state index contributed by atoms with van der Waals surface area (Å²) in [4.78, 5) is 27.4. The molecule has 2 aromatic rings. The molecule has 24 heavy (non-hydrogen) atoms. The monoisotopic (exact) mass is 321 g/mol. The third-order valence-corrected chi connectivity index (χ3v) is 4.96. The second-order valence-corrected chi connectivity index (χ2v) is 6.70. The summed E-state index contributed by atoms with van der Waals surface area (Å²) in [6.45, 7) is 2.96. The van der Waals surface area contributed by atoms with Crippen molar-refractivity contribution in [3.8, 4) is 0 Å². The van der Waals surface area contributed by atoms with Crippen molar-refractivity contribution in [3.63, 3.8) is 0 Å². The molecular weight excluding hydrogens is 302 g/mol. The Labute approximate surface area is 141 Å². The molecule has 4 rings (SSSR count). The van der Waals surface area contributed by atoms with Crippen molar-refractivity contribution < 1.29 is 14.3 Å². The van der Waals surface area contributed by atoms with Gasteiger partial charge in [0, 0.05) is 36.2 Å². The van der Waals surface area contributed by atoms with E-state index in [1.807, 2.05) is 29.2 Å². The predicted molar refractivity (Wildman–Crippen MR) is 90.1 cm³/mol. The molecule has 2 saturated heterocycles.